The van der Waals surface area contributed by atoms with E-state index in [1.165, 1.54) is 0 Å². The van der Waals surface area contributed by atoms with Crippen molar-refractivity contribution in [3.63, 3.8) is 0 Å². The van der Waals surface area contributed by atoms with E-state index in [0.717, 1.165) is 21.1 Å². The average Bonchev–Trinajstić information content (AvgIpc) is 2.49. The van der Waals surface area contributed by atoms with Crippen LogP contribution < -0.4 is 0 Å². The van der Waals surface area contributed by atoms with Crippen LogP contribution in [0, 0.1) is 0 Å². The fourth-order valence-corrected chi connectivity index (χ4v) is 1.68. The molecule has 0 fully saturated rings. The first-order valence-electron chi connectivity index (χ1n) is 3.66. The minimum Gasteiger partial charge on any atom is -0.359 e. The minimum absolute atomic E-state index is 0.825. The second-order valence-corrected chi connectivity index (χ2v) is 3.67. The first-order chi connectivity index (χ1) is 6.31. The number of halogens is 1. The predicted molar refractivity (Wildman–Crippen MR) is 60.7 cm³/mol. The maximum atomic E-state index is 4.55. The monoisotopic (exact) mass is 252 g/mol. The molecule has 0 aliphatic heterocycles. The molecule has 0 saturated carbocycles. The number of rotatable bonds is 1. The van der Waals surface area contributed by atoms with Crippen LogP contribution in [0.5, 0.6) is 0 Å². The van der Waals surface area contributed by atoms with Crippen molar-refractivity contribution in [2.45, 2.75) is 0 Å². The van der Waals surface area contributed by atoms with Gasteiger partial charge in [0.05, 0.1) is 10.8 Å². The molecule has 0 amide bonds. The molecule has 1 N–H and O–H groups in total. The lowest BCUT2D eigenvalue weighted by molar-refractivity contribution is 1.46. The van der Waals surface area contributed by atoms with Crippen LogP contribution in [0.3, 0.4) is 0 Å². The second kappa shape index (κ2) is 3.42. The first-order valence-corrected chi connectivity index (χ1v) is 4.86. The molecule has 1 heterocycles. The molecule has 1 aromatic carbocycles. The molecule has 4 heteroatoms. The molecule has 64 valence electrons. The van der Waals surface area contributed by atoms with Crippen molar-refractivity contribution in [2.24, 2.45) is 4.99 Å². The van der Waals surface area contributed by atoms with Crippen molar-refractivity contribution in [1.82, 2.24) is 4.98 Å². The van der Waals surface area contributed by atoms with Crippen LogP contribution in [0.4, 0.5) is 5.69 Å². The van der Waals surface area contributed by atoms with Gasteiger partial charge in [-0.15, -0.1) is 0 Å². The SMILES string of the molecule is S=C=Nc1c[nH]c2ccc(Br)cc12. The minimum atomic E-state index is 0.825. The summed E-state index contributed by atoms with van der Waals surface area (Å²) < 4.78 is 1.03. The summed E-state index contributed by atoms with van der Waals surface area (Å²) in [6, 6.07) is 5.96. The molecule has 0 aliphatic carbocycles. The third kappa shape index (κ3) is 1.56. The molecule has 2 aromatic rings. The fraction of sp³-hybridized carbons (Fsp3) is 0. The van der Waals surface area contributed by atoms with Gasteiger partial charge in [-0.05, 0) is 30.4 Å². The van der Waals surface area contributed by atoms with Gasteiger partial charge in [0.25, 0.3) is 0 Å². The molecular weight excluding hydrogens is 248 g/mol. The quantitative estimate of drug-likeness (QED) is 0.609. The van der Waals surface area contributed by atoms with Crippen molar-refractivity contribution >= 4 is 49.9 Å². The third-order valence-electron chi connectivity index (χ3n) is 1.79. The van der Waals surface area contributed by atoms with E-state index in [1.807, 2.05) is 24.4 Å². The Labute approximate surface area is 88.8 Å². The van der Waals surface area contributed by atoms with Crippen LogP contribution in [0.25, 0.3) is 10.9 Å². The molecule has 2 nitrogen and oxygen atoms in total. The average molecular weight is 253 g/mol. The predicted octanol–water partition coefficient (Wildman–Crippen LogP) is 3.66. The lowest BCUT2D eigenvalue weighted by atomic mass is 10.2. The number of nitrogens with zero attached hydrogens (tertiary/aromatic N) is 1. The van der Waals surface area contributed by atoms with Gasteiger partial charge in [0.1, 0.15) is 0 Å². The van der Waals surface area contributed by atoms with Gasteiger partial charge in [-0.2, -0.15) is 4.99 Å². The van der Waals surface area contributed by atoms with Gasteiger partial charge in [-0.1, -0.05) is 15.9 Å². The highest BCUT2D eigenvalue weighted by Gasteiger charge is 2.01. The maximum Gasteiger partial charge on any atom is 0.0992 e. The van der Waals surface area contributed by atoms with Gasteiger partial charge in [0, 0.05) is 21.6 Å². The summed E-state index contributed by atoms with van der Waals surface area (Å²) in [6.07, 6.45) is 1.82. The van der Waals surface area contributed by atoms with Crippen molar-refractivity contribution in [3.8, 4) is 0 Å². The van der Waals surface area contributed by atoms with Crippen LogP contribution in [0.1, 0.15) is 0 Å². The van der Waals surface area contributed by atoms with Crippen LogP contribution >= 0.6 is 28.1 Å². The molecule has 1 aromatic heterocycles. The van der Waals surface area contributed by atoms with E-state index in [-0.39, 0.29) is 0 Å². The summed E-state index contributed by atoms with van der Waals surface area (Å²) in [5.41, 5.74) is 1.87. The Morgan fingerprint density at radius 1 is 1.46 bits per heavy atom. The molecule has 2 rings (SSSR count). The van der Waals surface area contributed by atoms with Gasteiger partial charge in [0.15, 0.2) is 0 Å². The lowest BCUT2D eigenvalue weighted by Crippen LogP contribution is -1.67. The number of hydrogen-bond acceptors (Lipinski definition) is 2. The van der Waals surface area contributed by atoms with E-state index in [1.54, 1.807) is 0 Å². The largest absolute Gasteiger partial charge is 0.359 e. The molecule has 0 atom stereocenters. The van der Waals surface area contributed by atoms with E-state index in [4.69, 9.17) is 0 Å². The van der Waals surface area contributed by atoms with Crippen molar-refractivity contribution in [1.29, 1.82) is 0 Å². The number of aromatic amines is 1. The summed E-state index contributed by atoms with van der Waals surface area (Å²) in [6.45, 7) is 0. The number of aromatic nitrogens is 1. The number of benzene rings is 1. The van der Waals surface area contributed by atoms with Crippen LogP contribution in [0.2, 0.25) is 0 Å². The van der Waals surface area contributed by atoms with Crippen molar-refractivity contribution < 1.29 is 0 Å². The number of isothiocyanates is 1. The summed E-state index contributed by atoms with van der Waals surface area (Å²) >= 11 is 7.95. The molecule has 0 bridgehead atoms. The number of H-pyrrole nitrogens is 1. The summed E-state index contributed by atoms with van der Waals surface area (Å²) in [5.74, 6) is 0. The number of thiocarbonyl (C=S) groups is 1. The van der Waals surface area contributed by atoms with E-state index >= 15 is 0 Å². The Balaban J connectivity index is 2.78. The summed E-state index contributed by atoms with van der Waals surface area (Å²) in [5, 5.41) is 3.40. The molecule has 13 heavy (non-hydrogen) atoms. The maximum absolute atomic E-state index is 4.55. The highest BCUT2D eigenvalue weighted by atomic mass is 79.9. The smallest absolute Gasteiger partial charge is 0.0992 e. The fourth-order valence-electron chi connectivity index (χ4n) is 1.22. The normalized spacial score (nSPS) is 9.92. The zero-order valence-electron chi connectivity index (χ0n) is 6.54. The first kappa shape index (κ1) is 8.63. The number of aliphatic imine (C=N–C) groups is 1. The van der Waals surface area contributed by atoms with Crippen molar-refractivity contribution in [2.75, 3.05) is 0 Å². The molecule has 0 saturated heterocycles. The number of fused-ring (bicyclic) bond motifs is 1. The standard InChI is InChI=1S/C9H5BrN2S/c10-6-1-2-8-7(3-6)9(4-11-8)12-5-13/h1-4,11H. The van der Waals surface area contributed by atoms with Gasteiger partial charge >= 0.3 is 0 Å². The Kier molecular flexibility index (Phi) is 2.27. The lowest BCUT2D eigenvalue weighted by Gasteiger charge is -1.91. The number of nitrogens with one attached hydrogen (secondary N) is 1. The summed E-state index contributed by atoms with van der Waals surface area (Å²) in [4.78, 5) is 7.05. The zero-order valence-corrected chi connectivity index (χ0v) is 8.95. The Morgan fingerprint density at radius 2 is 2.31 bits per heavy atom. The zero-order chi connectivity index (χ0) is 9.26. The van der Waals surface area contributed by atoms with Crippen molar-refractivity contribution in [3.05, 3.63) is 28.9 Å². The molecule has 0 unspecified atom stereocenters. The van der Waals surface area contributed by atoms with E-state index in [9.17, 15) is 0 Å². The van der Waals surface area contributed by atoms with E-state index in [2.05, 4.69) is 43.3 Å². The Morgan fingerprint density at radius 3 is 3.08 bits per heavy atom. The van der Waals surface area contributed by atoms with Gasteiger partial charge in [-0.25, -0.2) is 0 Å². The highest BCUT2D eigenvalue weighted by molar-refractivity contribution is 9.10. The third-order valence-corrected chi connectivity index (χ3v) is 2.37. The highest BCUT2D eigenvalue weighted by Crippen LogP contribution is 2.27. The van der Waals surface area contributed by atoms with Crippen LogP contribution in [-0.4, -0.2) is 10.1 Å². The second-order valence-electron chi connectivity index (χ2n) is 2.57. The van der Waals surface area contributed by atoms with E-state index < -0.39 is 0 Å². The summed E-state index contributed by atoms with van der Waals surface area (Å²) in [7, 11) is 0. The number of hydrogen-bond donors (Lipinski definition) is 1. The van der Waals surface area contributed by atoms with Crippen LogP contribution in [-0.2, 0) is 0 Å². The topological polar surface area (TPSA) is 28.1 Å². The molecule has 0 spiro atoms. The van der Waals surface area contributed by atoms with Gasteiger partial charge in [-0.3, -0.25) is 0 Å². The van der Waals surface area contributed by atoms with Gasteiger partial charge in [0.2, 0.25) is 0 Å². The molecular formula is C9H5BrN2S. The molecule has 0 radical (unpaired) electrons. The Bertz CT molecular complexity index is 497. The van der Waals surface area contributed by atoms with Crippen LogP contribution in [0.15, 0.2) is 33.9 Å². The Hall–Kier alpha value is -0.960. The molecule has 0 aliphatic rings. The van der Waals surface area contributed by atoms with E-state index in [0.29, 0.717) is 0 Å². The van der Waals surface area contributed by atoms with Gasteiger partial charge < -0.3 is 4.98 Å².